The van der Waals surface area contributed by atoms with Crippen molar-refractivity contribution in [1.29, 1.82) is 0 Å². The molecule has 3 aromatic rings. The van der Waals surface area contributed by atoms with Crippen molar-refractivity contribution in [2.24, 2.45) is 0 Å². The highest BCUT2D eigenvalue weighted by Crippen LogP contribution is 2.36. The Bertz CT molecular complexity index is 1020. The van der Waals surface area contributed by atoms with Crippen molar-refractivity contribution in [3.63, 3.8) is 0 Å². The van der Waals surface area contributed by atoms with E-state index in [4.69, 9.17) is 4.98 Å². The molecule has 1 amide bonds. The molecule has 5 nitrogen and oxygen atoms in total. The van der Waals surface area contributed by atoms with Crippen LogP contribution in [0.4, 0.5) is 0 Å². The van der Waals surface area contributed by atoms with Crippen LogP contribution in [0.15, 0.2) is 40.3 Å². The summed E-state index contributed by atoms with van der Waals surface area (Å²) in [6.45, 7) is 2.48. The summed E-state index contributed by atoms with van der Waals surface area (Å²) in [5, 5.41) is 4.11. The Balaban J connectivity index is 1.86. The average molecular weight is 386 g/mol. The second-order valence-electron chi connectivity index (χ2n) is 6.15. The zero-order valence-electron chi connectivity index (χ0n) is 14.4. The van der Waals surface area contributed by atoms with Crippen molar-refractivity contribution in [1.82, 2.24) is 14.9 Å². The molecule has 2 aromatic heterocycles. The van der Waals surface area contributed by atoms with Gasteiger partial charge in [-0.25, -0.2) is 4.98 Å². The predicted octanol–water partition coefficient (Wildman–Crippen LogP) is 3.16. The molecule has 4 rings (SSSR count). The first-order valence-corrected chi connectivity index (χ1v) is 10.5. The third-order valence-corrected chi connectivity index (χ3v) is 6.55. The third-order valence-electron chi connectivity index (χ3n) is 4.43. The fourth-order valence-corrected chi connectivity index (χ4v) is 5.45. The van der Waals surface area contributed by atoms with Gasteiger partial charge in [0.05, 0.1) is 16.8 Å². The Kier molecular flexibility index (Phi) is 4.82. The summed E-state index contributed by atoms with van der Waals surface area (Å²) in [4.78, 5) is 32.1. The summed E-state index contributed by atoms with van der Waals surface area (Å²) in [5.41, 5.74) is 1.93. The number of fused-ring (bicyclic) bond motifs is 3. The number of nitrogens with one attached hydrogen (secondary N) is 1. The van der Waals surface area contributed by atoms with E-state index in [1.165, 1.54) is 22.2 Å². The number of carbonyl (C=O) groups is 1. The lowest BCUT2D eigenvalue weighted by molar-refractivity contribution is -0.118. The number of thiophene rings is 1. The molecule has 0 fully saturated rings. The third kappa shape index (κ3) is 3.05. The van der Waals surface area contributed by atoms with Gasteiger partial charge in [0.2, 0.25) is 5.91 Å². The van der Waals surface area contributed by atoms with Crippen molar-refractivity contribution in [3.05, 3.63) is 51.1 Å². The minimum absolute atomic E-state index is 0.0287. The summed E-state index contributed by atoms with van der Waals surface area (Å²) in [7, 11) is 0. The van der Waals surface area contributed by atoms with Crippen molar-refractivity contribution in [2.75, 3.05) is 12.3 Å². The molecular formula is C19H19N3O2S2. The van der Waals surface area contributed by atoms with Crippen LogP contribution in [0.1, 0.15) is 23.8 Å². The number of rotatable bonds is 5. The van der Waals surface area contributed by atoms with Crippen LogP contribution in [-0.4, -0.2) is 27.8 Å². The van der Waals surface area contributed by atoms with Crippen LogP contribution in [0, 0.1) is 0 Å². The van der Waals surface area contributed by atoms with Gasteiger partial charge in [0.25, 0.3) is 5.56 Å². The highest BCUT2D eigenvalue weighted by molar-refractivity contribution is 7.99. The Hall–Kier alpha value is -2.12. The van der Waals surface area contributed by atoms with Crippen LogP contribution in [0.25, 0.3) is 15.9 Å². The summed E-state index contributed by atoms with van der Waals surface area (Å²) < 4.78 is 1.65. The lowest BCUT2D eigenvalue weighted by atomic mass is 10.2. The highest BCUT2D eigenvalue weighted by Gasteiger charge is 2.24. The van der Waals surface area contributed by atoms with Crippen molar-refractivity contribution < 1.29 is 4.79 Å². The van der Waals surface area contributed by atoms with Crippen molar-refractivity contribution >= 4 is 39.2 Å². The fraction of sp³-hybridized carbons (Fsp3) is 0.316. The second-order valence-corrected chi connectivity index (χ2v) is 8.18. The van der Waals surface area contributed by atoms with Crippen LogP contribution in [-0.2, 0) is 17.6 Å². The first-order valence-electron chi connectivity index (χ1n) is 8.71. The number of hydrogen-bond donors (Lipinski definition) is 1. The molecule has 134 valence electrons. The summed E-state index contributed by atoms with van der Waals surface area (Å²) in [6, 6.07) is 9.53. The molecule has 1 aromatic carbocycles. The zero-order valence-corrected chi connectivity index (χ0v) is 16.1. The molecule has 1 N–H and O–H groups in total. The lowest BCUT2D eigenvalue weighted by Gasteiger charge is -2.12. The second kappa shape index (κ2) is 7.25. The standard InChI is InChI=1S/C19H19N3O2S2/c1-2-20-15(23)11-25-19-21-17-16(13-9-6-10-14(13)26-17)18(24)22(19)12-7-4-3-5-8-12/h3-5,7-8H,2,6,9-11H2,1H3,(H,20,23). The van der Waals surface area contributed by atoms with Gasteiger partial charge < -0.3 is 5.32 Å². The van der Waals surface area contributed by atoms with Gasteiger partial charge in [-0.1, -0.05) is 30.0 Å². The van der Waals surface area contributed by atoms with E-state index < -0.39 is 0 Å². The monoisotopic (exact) mass is 385 g/mol. The molecule has 0 unspecified atom stereocenters. The molecule has 0 atom stereocenters. The molecule has 0 saturated heterocycles. The van der Waals surface area contributed by atoms with Gasteiger partial charge in [0, 0.05) is 11.4 Å². The van der Waals surface area contributed by atoms with Crippen molar-refractivity contribution in [3.8, 4) is 5.69 Å². The normalized spacial score (nSPS) is 13.1. The van der Waals surface area contributed by atoms with E-state index in [2.05, 4.69) is 5.32 Å². The van der Waals surface area contributed by atoms with Crippen LogP contribution >= 0.6 is 23.1 Å². The number of amides is 1. The Morgan fingerprint density at radius 3 is 2.88 bits per heavy atom. The molecule has 0 aliphatic heterocycles. The van der Waals surface area contributed by atoms with Crippen molar-refractivity contribution in [2.45, 2.75) is 31.3 Å². The van der Waals surface area contributed by atoms with Crippen LogP contribution in [0.5, 0.6) is 0 Å². The number of aryl methyl sites for hydroxylation is 2. The molecule has 0 spiro atoms. The molecule has 1 aliphatic carbocycles. The zero-order chi connectivity index (χ0) is 18.1. The first-order chi connectivity index (χ1) is 12.7. The number of benzene rings is 1. The predicted molar refractivity (Wildman–Crippen MR) is 107 cm³/mol. The Labute approximate surface area is 159 Å². The van der Waals surface area contributed by atoms with E-state index in [9.17, 15) is 9.59 Å². The van der Waals surface area contributed by atoms with E-state index in [1.807, 2.05) is 37.3 Å². The molecule has 0 bridgehead atoms. The number of para-hydroxylation sites is 1. The minimum Gasteiger partial charge on any atom is -0.356 e. The maximum atomic E-state index is 13.4. The van der Waals surface area contributed by atoms with E-state index in [0.29, 0.717) is 11.7 Å². The number of thioether (sulfide) groups is 1. The van der Waals surface area contributed by atoms with E-state index in [-0.39, 0.29) is 17.2 Å². The quantitative estimate of drug-likeness (QED) is 0.541. The molecule has 26 heavy (non-hydrogen) atoms. The van der Waals surface area contributed by atoms with Gasteiger partial charge in [-0.15, -0.1) is 11.3 Å². The molecule has 7 heteroatoms. The topological polar surface area (TPSA) is 64.0 Å². The SMILES string of the molecule is CCNC(=O)CSc1nc2sc3c(c2c(=O)n1-c1ccccc1)CCC3. The van der Waals surface area contributed by atoms with Gasteiger partial charge in [0.15, 0.2) is 5.16 Å². The molecule has 0 saturated carbocycles. The summed E-state index contributed by atoms with van der Waals surface area (Å²) in [5.74, 6) is 0.184. The van der Waals surface area contributed by atoms with Gasteiger partial charge in [-0.3, -0.25) is 14.2 Å². The van der Waals surface area contributed by atoms with Gasteiger partial charge >= 0.3 is 0 Å². The summed E-state index contributed by atoms with van der Waals surface area (Å²) in [6.07, 6.45) is 3.09. The molecule has 2 heterocycles. The largest absolute Gasteiger partial charge is 0.356 e. The average Bonchev–Trinajstić information content (AvgIpc) is 3.21. The number of carbonyl (C=O) groups excluding carboxylic acids is 1. The maximum Gasteiger partial charge on any atom is 0.267 e. The minimum atomic E-state index is -0.0554. The van der Waals surface area contributed by atoms with Gasteiger partial charge in [0.1, 0.15) is 4.83 Å². The van der Waals surface area contributed by atoms with E-state index >= 15 is 0 Å². The maximum absolute atomic E-state index is 13.4. The Morgan fingerprint density at radius 1 is 1.31 bits per heavy atom. The van der Waals surface area contributed by atoms with Crippen LogP contribution < -0.4 is 10.9 Å². The molecular weight excluding hydrogens is 366 g/mol. The molecule has 1 aliphatic rings. The van der Waals surface area contributed by atoms with E-state index in [1.54, 1.807) is 15.9 Å². The number of hydrogen-bond acceptors (Lipinski definition) is 5. The van der Waals surface area contributed by atoms with Gasteiger partial charge in [-0.05, 0) is 43.9 Å². The fourth-order valence-electron chi connectivity index (χ4n) is 3.30. The molecule has 0 radical (unpaired) electrons. The van der Waals surface area contributed by atoms with Gasteiger partial charge in [-0.2, -0.15) is 0 Å². The number of nitrogens with zero attached hydrogens (tertiary/aromatic N) is 2. The first kappa shape index (κ1) is 17.3. The Morgan fingerprint density at radius 2 is 2.12 bits per heavy atom. The van der Waals surface area contributed by atoms with Crippen LogP contribution in [0.3, 0.4) is 0 Å². The highest BCUT2D eigenvalue weighted by atomic mass is 32.2. The lowest BCUT2D eigenvalue weighted by Crippen LogP contribution is -2.26. The van der Waals surface area contributed by atoms with Crippen LogP contribution in [0.2, 0.25) is 0 Å². The smallest absolute Gasteiger partial charge is 0.267 e. The summed E-state index contributed by atoms with van der Waals surface area (Å²) >= 11 is 2.93. The van der Waals surface area contributed by atoms with E-state index in [0.717, 1.165) is 35.2 Å². The number of aromatic nitrogens is 2.